The van der Waals surface area contributed by atoms with Gasteiger partial charge in [-0.1, -0.05) is 32.4 Å². The van der Waals surface area contributed by atoms with E-state index in [0.29, 0.717) is 11.6 Å². The zero-order valence-corrected chi connectivity index (χ0v) is 18.0. The van der Waals surface area contributed by atoms with Crippen molar-refractivity contribution in [3.63, 3.8) is 0 Å². The van der Waals surface area contributed by atoms with Gasteiger partial charge >= 0.3 is 0 Å². The van der Waals surface area contributed by atoms with Gasteiger partial charge in [-0.25, -0.2) is 9.97 Å². The lowest BCUT2D eigenvalue weighted by Gasteiger charge is -2.21. The molecule has 27 heavy (non-hydrogen) atoms. The van der Waals surface area contributed by atoms with Gasteiger partial charge in [-0.2, -0.15) is 0 Å². The monoisotopic (exact) mass is 390 g/mol. The van der Waals surface area contributed by atoms with E-state index in [1.54, 1.807) is 7.11 Å². The number of benzene rings is 1. The predicted octanol–water partition coefficient (Wildman–Crippen LogP) is 4.82. The molecule has 0 aliphatic heterocycles. The maximum Gasteiger partial charge on any atom is 0.148 e. The Morgan fingerprint density at radius 2 is 1.81 bits per heavy atom. The van der Waals surface area contributed by atoms with Crippen LogP contribution in [0.15, 0.2) is 18.2 Å². The minimum absolute atomic E-state index is 0.216. The van der Waals surface area contributed by atoms with Gasteiger partial charge in [0.25, 0.3) is 0 Å². The quantitative estimate of drug-likeness (QED) is 0.664. The standard InChI is InChI=1S/C21H31ClN4O/c1-7-14(13-27-6)23-21-19(9-3)24-20(18(8-2)25-21)16-11-10-15(26(4)5)12-17(16)22/h10-12,14H,7-9,13H2,1-6H3,(H,23,25). The van der Waals surface area contributed by atoms with Crippen molar-refractivity contribution < 1.29 is 4.74 Å². The Morgan fingerprint density at radius 1 is 1.11 bits per heavy atom. The van der Waals surface area contributed by atoms with E-state index in [4.69, 9.17) is 26.3 Å². The van der Waals surface area contributed by atoms with Crippen LogP contribution in [0.5, 0.6) is 0 Å². The first-order valence-corrected chi connectivity index (χ1v) is 9.95. The number of halogens is 1. The first-order chi connectivity index (χ1) is 12.9. The summed E-state index contributed by atoms with van der Waals surface area (Å²) in [6.45, 7) is 6.97. The molecule has 0 amide bonds. The van der Waals surface area contributed by atoms with Gasteiger partial charge in [0, 0.05) is 32.5 Å². The molecule has 0 saturated heterocycles. The van der Waals surface area contributed by atoms with Crippen molar-refractivity contribution in [3.8, 4) is 11.3 Å². The molecule has 1 atom stereocenters. The number of ether oxygens (including phenoxy) is 1. The van der Waals surface area contributed by atoms with Gasteiger partial charge in [-0.15, -0.1) is 0 Å². The van der Waals surface area contributed by atoms with E-state index in [-0.39, 0.29) is 6.04 Å². The molecule has 1 N–H and O–H groups in total. The molecule has 0 aliphatic carbocycles. The van der Waals surface area contributed by atoms with Gasteiger partial charge in [0.2, 0.25) is 0 Å². The van der Waals surface area contributed by atoms with E-state index in [2.05, 4.69) is 32.2 Å². The number of hydrogen-bond acceptors (Lipinski definition) is 5. The summed E-state index contributed by atoms with van der Waals surface area (Å²) in [5.41, 5.74) is 4.76. The summed E-state index contributed by atoms with van der Waals surface area (Å²) < 4.78 is 5.30. The molecule has 1 aromatic heterocycles. The molecule has 1 unspecified atom stereocenters. The molecule has 0 radical (unpaired) electrons. The Labute approximate surface area is 168 Å². The molecule has 148 valence electrons. The van der Waals surface area contributed by atoms with Gasteiger partial charge in [0.15, 0.2) is 0 Å². The van der Waals surface area contributed by atoms with Crippen molar-refractivity contribution in [1.82, 2.24) is 9.97 Å². The molecule has 0 bridgehead atoms. The molecule has 0 aliphatic rings. The molecule has 0 saturated carbocycles. The summed E-state index contributed by atoms with van der Waals surface area (Å²) in [7, 11) is 5.72. The van der Waals surface area contributed by atoms with Gasteiger partial charge in [-0.05, 0) is 37.5 Å². The topological polar surface area (TPSA) is 50.3 Å². The number of anilines is 2. The second-order valence-corrected chi connectivity index (χ2v) is 7.19. The molecule has 1 heterocycles. The highest BCUT2D eigenvalue weighted by atomic mass is 35.5. The van der Waals surface area contributed by atoms with Crippen LogP contribution in [0.25, 0.3) is 11.3 Å². The first kappa shape index (κ1) is 21.5. The maximum atomic E-state index is 6.59. The second-order valence-electron chi connectivity index (χ2n) is 6.78. The van der Waals surface area contributed by atoms with Crippen molar-refractivity contribution in [1.29, 1.82) is 0 Å². The van der Waals surface area contributed by atoms with Crippen LogP contribution in [0.4, 0.5) is 11.5 Å². The SMILES string of the molecule is CCc1nc(-c2ccc(N(C)C)cc2Cl)c(CC)nc1NC(CC)COC. The van der Waals surface area contributed by atoms with Gasteiger partial charge in [0.1, 0.15) is 5.82 Å². The number of aromatic nitrogens is 2. The van der Waals surface area contributed by atoms with Gasteiger partial charge in [0.05, 0.1) is 34.8 Å². The Bertz CT molecular complexity index is 764. The fourth-order valence-corrected chi connectivity index (χ4v) is 3.22. The lowest BCUT2D eigenvalue weighted by Crippen LogP contribution is -2.26. The normalized spacial score (nSPS) is 12.1. The molecule has 0 fully saturated rings. The average molecular weight is 391 g/mol. The van der Waals surface area contributed by atoms with E-state index in [0.717, 1.165) is 53.4 Å². The Balaban J connectivity index is 2.49. The largest absolute Gasteiger partial charge is 0.383 e. The molecule has 2 aromatic rings. The third kappa shape index (κ3) is 5.11. The number of nitrogens with one attached hydrogen (secondary N) is 1. The van der Waals surface area contributed by atoms with Crippen molar-refractivity contribution in [2.45, 2.75) is 46.1 Å². The molecular formula is C21H31ClN4O. The van der Waals surface area contributed by atoms with Crippen molar-refractivity contribution in [2.75, 3.05) is 38.0 Å². The van der Waals surface area contributed by atoms with Crippen LogP contribution in [0.3, 0.4) is 0 Å². The van der Waals surface area contributed by atoms with Crippen LogP contribution in [-0.4, -0.2) is 43.8 Å². The molecule has 6 heteroatoms. The van der Waals surface area contributed by atoms with Crippen LogP contribution >= 0.6 is 11.6 Å². The highest BCUT2D eigenvalue weighted by Crippen LogP contribution is 2.33. The Kier molecular flexibility index (Phi) is 7.87. The third-order valence-electron chi connectivity index (χ3n) is 4.64. The summed E-state index contributed by atoms with van der Waals surface area (Å²) in [5.74, 6) is 0.850. The smallest absolute Gasteiger partial charge is 0.148 e. The fraction of sp³-hybridized carbons (Fsp3) is 0.524. The molecule has 2 rings (SSSR count). The highest BCUT2D eigenvalue weighted by molar-refractivity contribution is 6.33. The van der Waals surface area contributed by atoms with Gasteiger partial charge in [-0.3, -0.25) is 0 Å². The lowest BCUT2D eigenvalue weighted by atomic mass is 10.1. The van der Waals surface area contributed by atoms with E-state index in [9.17, 15) is 0 Å². The number of hydrogen-bond donors (Lipinski definition) is 1. The minimum atomic E-state index is 0.216. The third-order valence-corrected chi connectivity index (χ3v) is 4.95. The van der Waals surface area contributed by atoms with Crippen LogP contribution in [0, 0.1) is 0 Å². The summed E-state index contributed by atoms with van der Waals surface area (Å²) in [6, 6.07) is 6.29. The lowest BCUT2D eigenvalue weighted by molar-refractivity contribution is 0.184. The summed E-state index contributed by atoms with van der Waals surface area (Å²) >= 11 is 6.59. The summed E-state index contributed by atoms with van der Waals surface area (Å²) in [4.78, 5) is 11.9. The molecule has 0 spiro atoms. The number of methoxy groups -OCH3 is 1. The van der Waals surface area contributed by atoms with E-state index < -0.39 is 0 Å². The predicted molar refractivity (Wildman–Crippen MR) is 115 cm³/mol. The van der Waals surface area contributed by atoms with E-state index in [1.807, 2.05) is 31.1 Å². The average Bonchev–Trinajstić information content (AvgIpc) is 2.67. The van der Waals surface area contributed by atoms with E-state index in [1.165, 1.54) is 0 Å². The van der Waals surface area contributed by atoms with Gasteiger partial charge < -0.3 is 15.0 Å². The zero-order valence-electron chi connectivity index (χ0n) is 17.3. The van der Waals surface area contributed by atoms with Crippen molar-refractivity contribution >= 4 is 23.1 Å². The number of aryl methyl sites for hydroxylation is 2. The van der Waals surface area contributed by atoms with Crippen LogP contribution in [-0.2, 0) is 17.6 Å². The first-order valence-electron chi connectivity index (χ1n) is 9.57. The highest BCUT2D eigenvalue weighted by Gasteiger charge is 2.18. The van der Waals surface area contributed by atoms with Crippen LogP contribution < -0.4 is 10.2 Å². The molecule has 1 aromatic carbocycles. The van der Waals surface area contributed by atoms with E-state index >= 15 is 0 Å². The second kappa shape index (κ2) is 9.90. The summed E-state index contributed by atoms with van der Waals surface area (Å²) in [6.07, 6.45) is 2.54. The van der Waals surface area contributed by atoms with Crippen molar-refractivity contribution in [3.05, 3.63) is 34.6 Å². The number of nitrogens with zero attached hydrogens (tertiary/aromatic N) is 3. The molecular weight excluding hydrogens is 360 g/mol. The number of rotatable bonds is 9. The fourth-order valence-electron chi connectivity index (χ4n) is 2.96. The zero-order chi connectivity index (χ0) is 20.0. The minimum Gasteiger partial charge on any atom is -0.383 e. The van der Waals surface area contributed by atoms with Crippen molar-refractivity contribution in [2.24, 2.45) is 0 Å². The summed E-state index contributed by atoms with van der Waals surface area (Å²) in [5, 5.41) is 4.20. The maximum absolute atomic E-state index is 6.59. The van der Waals surface area contributed by atoms with Crippen LogP contribution in [0.2, 0.25) is 5.02 Å². The van der Waals surface area contributed by atoms with Crippen LogP contribution in [0.1, 0.15) is 38.6 Å². The Hall–Kier alpha value is -1.85. The Morgan fingerprint density at radius 3 is 2.33 bits per heavy atom. The molecule has 5 nitrogen and oxygen atoms in total.